The molecule has 0 saturated heterocycles. The largest absolute Gasteiger partial charge is 0.373 e. The molecule has 0 atom stereocenters. The SMILES string of the molecule is CNc1nc(Cc2ccc(C)c(C)c2)nc(C)c1C(C)C. The van der Waals surface area contributed by atoms with Crippen LogP contribution >= 0.6 is 0 Å². The number of aromatic nitrogens is 2. The highest BCUT2D eigenvalue weighted by Gasteiger charge is 2.14. The van der Waals surface area contributed by atoms with Crippen LogP contribution in [0.1, 0.15) is 53.5 Å². The first kappa shape index (κ1) is 15.5. The van der Waals surface area contributed by atoms with Crippen LogP contribution in [-0.2, 0) is 6.42 Å². The van der Waals surface area contributed by atoms with Gasteiger partial charge in [0.05, 0.1) is 0 Å². The molecule has 1 heterocycles. The number of nitrogens with zero attached hydrogens (tertiary/aromatic N) is 2. The maximum atomic E-state index is 4.70. The van der Waals surface area contributed by atoms with Crippen LogP contribution in [0.25, 0.3) is 0 Å². The van der Waals surface area contributed by atoms with Gasteiger partial charge in [-0.1, -0.05) is 32.0 Å². The Labute approximate surface area is 127 Å². The van der Waals surface area contributed by atoms with Gasteiger partial charge in [-0.05, 0) is 43.4 Å². The maximum absolute atomic E-state index is 4.70. The monoisotopic (exact) mass is 283 g/mol. The molecule has 1 aromatic carbocycles. The number of nitrogens with one attached hydrogen (secondary N) is 1. The zero-order chi connectivity index (χ0) is 15.6. The van der Waals surface area contributed by atoms with Crippen LogP contribution in [0.15, 0.2) is 18.2 Å². The highest BCUT2D eigenvalue weighted by molar-refractivity contribution is 5.48. The second kappa shape index (κ2) is 6.25. The number of aryl methyl sites for hydroxylation is 3. The molecule has 3 nitrogen and oxygen atoms in total. The molecule has 0 amide bonds. The predicted molar refractivity (Wildman–Crippen MR) is 89.1 cm³/mol. The van der Waals surface area contributed by atoms with E-state index in [0.29, 0.717) is 5.92 Å². The van der Waals surface area contributed by atoms with Gasteiger partial charge < -0.3 is 5.32 Å². The van der Waals surface area contributed by atoms with Crippen molar-refractivity contribution in [2.24, 2.45) is 0 Å². The van der Waals surface area contributed by atoms with Crippen LogP contribution in [0, 0.1) is 20.8 Å². The summed E-state index contributed by atoms with van der Waals surface area (Å²) in [5, 5.41) is 3.21. The minimum atomic E-state index is 0.420. The lowest BCUT2D eigenvalue weighted by molar-refractivity contribution is 0.814. The normalized spacial score (nSPS) is 11.0. The standard InChI is InChI=1S/C18H25N3/c1-11(2)17-14(5)20-16(21-18(17)19-6)10-15-8-7-12(3)13(4)9-15/h7-9,11H,10H2,1-6H3,(H,19,20,21). The molecule has 3 heteroatoms. The lowest BCUT2D eigenvalue weighted by atomic mass is 10.0. The minimum Gasteiger partial charge on any atom is -0.373 e. The van der Waals surface area contributed by atoms with Crippen molar-refractivity contribution in [2.45, 2.75) is 47.0 Å². The number of rotatable bonds is 4. The number of benzene rings is 1. The van der Waals surface area contributed by atoms with Gasteiger partial charge in [0.15, 0.2) is 0 Å². The third kappa shape index (κ3) is 3.41. The predicted octanol–water partition coefficient (Wildman–Crippen LogP) is 4.16. The third-order valence-electron chi connectivity index (χ3n) is 3.93. The quantitative estimate of drug-likeness (QED) is 0.915. The second-order valence-corrected chi connectivity index (χ2v) is 5.99. The Hall–Kier alpha value is -1.90. The molecule has 0 bridgehead atoms. The zero-order valence-corrected chi connectivity index (χ0v) is 13.9. The topological polar surface area (TPSA) is 37.8 Å². The highest BCUT2D eigenvalue weighted by atomic mass is 15.0. The Kier molecular flexibility index (Phi) is 4.61. The zero-order valence-electron chi connectivity index (χ0n) is 13.9. The summed E-state index contributed by atoms with van der Waals surface area (Å²) in [7, 11) is 1.92. The average molecular weight is 283 g/mol. The van der Waals surface area contributed by atoms with Gasteiger partial charge in [-0.15, -0.1) is 0 Å². The lowest BCUT2D eigenvalue weighted by Gasteiger charge is -2.15. The van der Waals surface area contributed by atoms with Crippen molar-refractivity contribution in [1.82, 2.24) is 9.97 Å². The smallest absolute Gasteiger partial charge is 0.135 e. The summed E-state index contributed by atoms with van der Waals surface area (Å²) in [4.78, 5) is 9.40. The van der Waals surface area contributed by atoms with Crippen LogP contribution in [-0.4, -0.2) is 17.0 Å². The fraction of sp³-hybridized carbons (Fsp3) is 0.444. The van der Waals surface area contributed by atoms with E-state index in [4.69, 9.17) is 9.97 Å². The molecule has 1 N–H and O–H groups in total. The van der Waals surface area contributed by atoms with Crippen molar-refractivity contribution in [3.05, 3.63) is 52.0 Å². The Morgan fingerprint density at radius 2 is 1.76 bits per heavy atom. The van der Waals surface area contributed by atoms with Crippen molar-refractivity contribution < 1.29 is 0 Å². The Bertz CT molecular complexity index is 645. The van der Waals surface area contributed by atoms with Gasteiger partial charge in [-0.3, -0.25) is 0 Å². The molecule has 2 aromatic rings. The molecule has 0 spiro atoms. The van der Waals surface area contributed by atoms with Crippen LogP contribution in [0.3, 0.4) is 0 Å². The molecule has 0 aliphatic heterocycles. The summed E-state index contributed by atoms with van der Waals surface area (Å²) in [6, 6.07) is 6.55. The number of anilines is 1. The fourth-order valence-electron chi connectivity index (χ4n) is 2.70. The van der Waals surface area contributed by atoms with E-state index in [0.717, 1.165) is 23.8 Å². The molecule has 0 aliphatic carbocycles. The van der Waals surface area contributed by atoms with E-state index in [1.807, 2.05) is 7.05 Å². The van der Waals surface area contributed by atoms with Crippen LogP contribution in [0.5, 0.6) is 0 Å². The minimum absolute atomic E-state index is 0.420. The van der Waals surface area contributed by atoms with Crippen LogP contribution in [0.2, 0.25) is 0 Å². The van der Waals surface area contributed by atoms with Gasteiger partial charge in [0.2, 0.25) is 0 Å². The summed E-state index contributed by atoms with van der Waals surface area (Å²) in [6.07, 6.45) is 0.773. The van der Waals surface area contributed by atoms with Gasteiger partial charge in [0.25, 0.3) is 0 Å². The van der Waals surface area contributed by atoms with Crippen molar-refractivity contribution in [3.63, 3.8) is 0 Å². The van der Waals surface area contributed by atoms with Crippen molar-refractivity contribution in [2.75, 3.05) is 12.4 Å². The van der Waals surface area contributed by atoms with E-state index >= 15 is 0 Å². The molecular weight excluding hydrogens is 258 g/mol. The molecule has 21 heavy (non-hydrogen) atoms. The molecule has 0 radical (unpaired) electrons. The third-order valence-corrected chi connectivity index (χ3v) is 3.93. The van der Waals surface area contributed by atoms with Crippen LogP contribution < -0.4 is 5.32 Å². The van der Waals surface area contributed by atoms with Gasteiger partial charge in [-0.25, -0.2) is 9.97 Å². The number of hydrogen-bond acceptors (Lipinski definition) is 3. The van der Waals surface area contributed by atoms with Gasteiger partial charge >= 0.3 is 0 Å². The Morgan fingerprint density at radius 1 is 1.05 bits per heavy atom. The number of hydrogen-bond donors (Lipinski definition) is 1. The lowest BCUT2D eigenvalue weighted by Crippen LogP contribution is -2.09. The molecule has 0 saturated carbocycles. The molecule has 0 unspecified atom stereocenters. The average Bonchev–Trinajstić information content (AvgIpc) is 2.41. The van der Waals surface area contributed by atoms with E-state index in [1.165, 1.54) is 22.3 Å². The highest BCUT2D eigenvalue weighted by Crippen LogP contribution is 2.25. The summed E-state index contributed by atoms with van der Waals surface area (Å²) in [5.74, 6) is 2.25. The Morgan fingerprint density at radius 3 is 2.33 bits per heavy atom. The van der Waals surface area contributed by atoms with Crippen molar-refractivity contribution >= 4 is 5.82 Å². The van der Waals surface area contributed by atoms with E-state index in [1.54, 1.807) is 0 Å². The van der Waals surface area contributed by atoms with E-state index in [2.05, 4.69) is 58.1 Å². The maximum Gasteiger partial charge on any atom is 0.135 e. The van der Waals surface area contributed by atoms with E-state index < -0.39 is 0 Å². The first-order valence-electron chi connectivity index (χ1n) is 7.53. The van der Waals surface area contributed by atoms with Crippen molar-refractivity contribution in [3.8, 4) is 0 Å². The van der Waals surface area contributed by atoms with E-state index in [9.17, 15) is 0 Å². The van der Waals surface area contributed by atoms with Crippen molar-refractivity contribution in [1.29, 1.82) is 0 Å². The van der Waals surface area contributed by atoms with Gasteiger partial charge in [-0.2, -0.15) is 0 Å². The summed E-state index contributed by atoms with van der Waals surface area (Å²) < 4.78 is 0. The molecule has 0 aliphatic rings. The van der Waals surface area contributed by atoms with Gasteiger partial charge in [0, 0.05) is 24.7 Å². The molecule has 2 rings (SSSR count). The Balaban J connectivity index is 2.36. The first-order chi connectivity index (χ1) is 9.92. The molecular formula is C18H25N3. The summed E-state index contributed by atoms with van der Waals surface area (Å²) in [5.41, 5.74) is 6.18. The fourth-order valence-corrected chi connectivity index (χ4v) is 2.70. The first-order valence-corrected chi connectivity index (χ1v) is 7.53. The summed E-state index contributed by atoms with van der Waals surface area (Å²) in [6.45, 7) is 10.7. The molecule has 1 aromatic heterocycles. The molecule has 112 valence electrons. The van der Waals surface area contributed by atoms with Gasteiger partial charge in [0.1, 0.15) is 11.6 Å². The molecule has 0 fully saturated rings. The summed E-state index contributed by atoms with van der Waals surface area (Å²) >= 11 is 0. The van der Waals surface area contributed by atoms with E-state index in [-0.39, 0.29) is 0 Å². The second-order valence-electron chi connectivity index (χ2n) is 5.99. The van der Waals surface area contributed by atoms with Crippen LogP contribution in [0.4, 0.5) is 5.82 Å².